The third kappa shape index (κ3) is 2.42. The van der Waals surface area contributed by atoms with Gasteiger partial charge in [0.05, 0.1) is 17.9 Å². The molecule has 0 bridgehead atoms. The fraction of sp³-hybridized carbons (Fsp3) is 0.250. The average molecular weight is 282 g/mol. The lowest BCUT2D eigenvalue weighted by molar-refractivity contribution is -0.145. The van der Waals surface area contributed by atoms with Gasteiger partial charge in [0.15, 0.2) is 11.6 Å². The standard InChI is InChI=1S/C16H14N2O3/c1-2-21-16(20)11-8-13-12(14(11)19)9-17-15(18-13)10-6-4-3-5-7-10/h3-7,9,11H,2,8H2,1H3. The van der Waals surface area contributed by atoms with Crippen LogP contribution in [0.25, 0.3) is 11.4 Å². The molecule has 0 aliphatic heterocycles. The second-order valence-corrected chi connectivity index (χ2v) is 4.79. The van der Waals surface area contributed by atoms with E-state index < -0.39 is 11.9 Å². The maximum atomic E-state index is 12.2. The molecule has 0 radical (unpaired) electrons. The number of nitrogens with zero attached hydrogens (tertiary/aromatic N) is 2. The topological polar surface area (TPSA) is 69.2 Å². The third-order valence-electron chi connectivity index (χ3n) is 3.45. The number of rotatable bonds is 3. The predicted octanol–water partition coefficient (Wildman–Crippen LogP) is 2.06. The van der Waals surface area contributed by atoms with E-state index >= 15 is 0 Å². The van der Waals surface area contributed by atoms with Gasteiger partial charge >= 0.3 is 5.97 Å². The molecule has 1 unspecified atom stereocenters. The number of ether oxygens (including phenoxy) is 1. The Morgan fingerprint density at radius 1 is 1.33 bits per heavy atom. The van der Waals surface area contributed by atoms with E-state index in [0.717, 1.165) is 5.56 Å². The average Bonchev–Trinajstić information content (AvgIpc) is 2.85. The molecule has 0 amide bonds. The van der Waals surface area contributed by atoms with Crippen LogP contribution < -0.4 is 0 Å². The summed E-state index contributed by atoms with van der Waals surface area (Å²) in [7, 11) is 0. The first-order chi connectivity index (χ1) is 10.2. The Balaban J connectivity index is 1.92. The van der Waals surface area contributed by atoms with Gasteiger partial charge in [-0.15, -0.1) is 0 Å². The predicted molar refractivity (Wildman–Crippen MR) is 75.6 cm³/mol. The van der Waals surface area contributed by atoms with Crippen LogP contribution in [0.4, 0.5) is 0 Å². The van der Waals surface area contributed by atoms with Crippen molar-refractivity contribution in [2.75, 3.05) is 6.61 Å². The van der Waals surface area contributed by atoms with Gasteiger partial charge in [-0.2, -0.15) is 0 Å². The van der Waals surface area contributed by atoms with Crippen molar-refractivity contribution in [3.63, 3.8) is 0 Å². The molecule has 0 spiro atoms. The fourth-order valence-corrected chi connectivity index (χ4v) is 2.41. The van der Waals surface area contributed by atoms with E-state index in [4.69, 9.17) is 4.74 Å². The molecule has 0 saturated carbocycles. The van der Waals surface area contributed by atoms with Crippen LogP contribution >= 0.6 is 0 Å². The highest BCUT2D eigenvalue weighted by molar-refractivity contribution is 6.11. The second kappa shape index (κ2) is 5.44. The van der Waals surface area contributed by atoms with Gasteiger partial charge in [-0.1, -0.05) is 30.3 Å². The van der Waals surface area contributed by atoms with E-state index in [1.54, 1.807) is 6.92 Å². The summed E-state index contributed by atoms with van der Waals surface area (Å²) < 4.78 is 4.93. The molecule has 3 rings (SSSR count). The molecular weight excluding hydrogens is 268 g/mol. The number of carbonyl (C=O) groups excluding carboxylic acids is 2. The van der Waals surface area contributed by atoms with E-state index in [-0.39, 0.29) is 18.8 Å². The highest BCUT2D eigenvalue weighted by Gasteiger charge is 2.38. The molecule has 2 aromatic rings. The van der Waals surface area contributed by atoms with Crippen LogP contribution in [0.1, 0.15) is 23.0 Å². The first-order valence-electron chi connectivity index (χ1n) is 6.83. The largest absolute Gasteiger partial charge is 0.465 e. The van der Waals surface area contributed by atoms with Crippen molar-refractivity contribution < 1.29 is 14.3 Å². The second-order valence-electron chi connectivity index (χ2n) is 4.79. The number of Topliss-reactive ketones (excluding diaryl/α,β-unsaturated/α-hetero) is 1. The summed E-state index contributed by atoms with van der Waals surface area (Å²) >= 11 is 0. The maximum Gasteiger partial charge on any atom is 0.317 e. The quantitative estimate of drug-likeness (QED) is 0.636. The summed E-state index contributed by atoms with van der Waals surface area (Å²) in [6, 6.07) is 9.52. The van der Waals surface area contributed by atoms with Crippen LogP contribution in [0.2, 0.25) is 0 Å². The third-order valence-corrected chi connectivity index (χ3v) is 3.45. The molecule has 1 aromatic carbocycles. The van der Waals surface area contributed by atoms with Gasteiger partial charge in [0, 0.05) is 18.2 Å². The van der Waals surface area contributed by atoms with Crippen molar-refractivity contribution in [3.8, 4) is 11.4 Å². The van der Waals surface area contributed by atoms with Crippen LogP contribution in [-0.2, 0) is 16.0 Å². The van der Waals surface area contributed by atoms with Gasteiger partial charge < -0.3 is 4.74 Å². The zero-order chi connectivity index (χ0) is 14.8. The highest BCUT2D eigenvalue weighted by atomic mass is 16.5. The number of ketones is 1. The first-order valence-corrected chi connectivity index (χ1v) is 6.83. The molecule has 21 heavy (non-hydrogen) atoms. The molecule has 5 heteroatoms. The molecule has 1 aromatic heterocycles. The fourth-order valence-electron chi connectivity index (χ4n) is 2.41. The van der Waals surface area contributed by atoms with Crippen LogP contribution in [-0.4, -0.2) is 28.3 Å². The van der Waals surface area contributed by atoms with E-state index in [9.17, 15) is 9.59 Å². The Bertz CT molecular complexity index is 698. The zero-order valence-electron chi connectivity index (χ0n) is 11.6. The van der Waals surface area contributed by atoms with E-state index in [1.807, 2.05) is 30.3 Å². The lowest BCUT2D eigenvalue weighted by atomic mass is 10.1. The van der Waals surface area contributed by atoms with Crippen molar-refractivity contribution >= 4 is 11.8 Å². The Kier molecular flexibility index (Phi) is 3.48. The SMILES string of the molecule is CCOC(=O)C1Cc2nc(-c3ccccc3)ncc2C1=O. The Morgan fingerprint density at radius 2 is 2.10 bits per heavy atom. The van der Waals surface area contributed by atoms with E-state index in [0.29, 0.717) is 17.1 Å². The van der Waals surface area contributed by atoms with Gasteiger partial charge in [-0.3, -0.25) is 9.59 Å². The zero-order valence-corrected chi connectivity index (χ0v) is 11.6. The van der Waals surface area contributed by atoms with Gasteiger partial charge in [0.1, 0.15) is 5.92 Å². The summed E-state index contributed by atoms with van der Waals surface area (Å²) in [5.41, 5.74) is 1.92. The van der Waals surface area contributed by atoms with Gasteiger partial charge in [0.2, 0.25) is 0 Å². The highest BCUT2D eigenvalue weighted by Crippen LogP contribution is 2.27. The number of carbonyl (C=O) groups is 2. The number of esters is 1. The summed E-state index contributed by atoms with van der Waals surface area (Å²) in [4.78, 5) is 32.6. The van der Waals surface area contributed by atoms with E-state index in [1.165, 1.54) is 6.20 Å². The first kappa shape index (κ1) is 13.4. The maximum absolute atomic E-state index is 12.2. The van der Waals surface area contributed by atoms with Gasteiger partial charge in [0.25, 0.3) is 0 Å². The monoisotopic (exact) mass is 282 g/mol. The number of aromatic nitrogens is 2. The van der Waals surface area contributed by atoms with Crippen molar-refractivity contribution in [3.05, 3.63) is 47.8 Å². The normalized spacial score (nSPS) is 16.6. The smallest absolute Gasteiger partial charge is 0.317 e. The molecule has 106 valence electrons. The summed E-state index contributed by atoms with van der Waals surface area (Å²) in [6.07, 6.45) is 1.79. The molecule has 0 fully saturated rings. The molecule has 0 N–H and O–H groups in total. The van der Waals surface area contributed by atoms with Gasteiger partial charge in [-0.25, -0.2) is 9.97 Å². The number of fused-ring (bicyclic) bond motifs is 1. The lowest BCUT2D eigenvalue weighted by Gasteiger charge is -2.05. The molecule has 5 nitrogen and oxygen atoms in total. The Labute approximate surface area is 122 Å². The summed E-state index contributed by atoms with van der Waals surface area (Å²) in [5, 5.41) is 0. The van der Waals surface area contributed by atoms with Crippen molar-refractivity contribution in [1.29, 1.82) is 0 Å². The molecular formula is C16H14N2O3. The molecule has 0 saturated heterocycles. The minimum atomic E-state index is -0.778. The van der Waals surface area contributed by atoms with Crippen LogP contribution in [0.5, 0.6) is 0 Å². The van der Waals surface area contributed by atoms with E-state index in [2.05, 4.69) is 9.97 Å². The molecule has 1 aliphatic carbocycles. The Morgan fingerprint density at radius 3 is 2.81 bits per heavy atom. The molecule has 1 aliphatic rings. The van der Waals surface area contributed by atoms with Gasteiger partial charge in [-0.05, 0) is 6.92 Å². The summed E-state index contributed by atoms with van der Waals surface area (Å²) in [6.45, 7) is 1.98. The van der Waals surface area contributed by atoms with Crippen LogP contribution in [0.3, 0.4) is 0 Å². The minimum Gasteiger partial charge on any atom is -0.465 e. The summed E-state index contributed by atoms with van der Waals surface area (Å²) in [5.74, 6) is -0.947. The Hall–Kier alpha value is -2.56. The number of hydrogen-bond donors (Lipinski definition) is 0. The van der Waals surface area contributed by atoms with Crippen molar-refractivity contribution in [1.82, 2.24) is 9.97 Å². The molecule has 1 atom stereocenters. The molecule has 1 heterocycles. The number of hydrogen-bond acceptors (Lipinski definition) is 5. The van der Waals surface area contributed by atoms with Crippen LogP contribution in [0.15, 0.2) is 36.5 Å². The minimum absolute atomic E-state index is 0.247. The van der Waals surface area contributed by atoms with Crippen molar-refractivity contribution in [2.45, 2.75) is 13.3 Å². The number of benzene rings is 1. The van der Waals surface area contributed by atoms with Crippen LogP contribution in [0, 0.1) is 5.92 Å². The van der Waals surface area contributed by atoms with Crippen molar-refractivity contribution in [2.24, 2.45) is 5.92 Å². The lowest BCUT2D eigenvalue weighted by Crippen LogP contribution is -2.23.